The van der Waals surface area contributed by atoms with Gasteiger partial charge in [-0.15, -0.1) is 17.8 Å². The maximum atomic E-state index is 9.98. The normalized spacial score (nSPS) is 23.1. The van der Waals surface area contributed by atoms with Crippen LogP contribution in [0.5, 0.6) is 5.75 Å². The lowest BCUT2D eigenvalue weighted by atomic mass is 9.77. The van der Waals surface area contributed by atoms with Gasteiger partial charge in [-0.25, -0.2) is 0 Å². The first kappa shape index (κ1) is 13.5. The molecule has 0 bridgehead atoms. The summed E-state index contributed by atoms with van der Waals surface area (Å²) in [6, 6.07) is 6.26. The van der Waals surface area contributed by atoms with Crippen LogP contribution in [0, 0.1) is 18.3 Å². The van der Waals surface area contributed by atoms with Crippen LogP contribution in [-0.4, -0.2) is 18.3 Å². The fourth-order valence-corrected chi connectivity index (χ4v) is 4.62. The highest BCUT2D eigenvalue weighted by Crippen LogP contribution is 2.46. The predicted molar refractivity (Wildman–Crippen MR) is 83.4 cm³/mol. The molecular formula is C17H18O2S. The number of hydrogen-bond donors (Lipinski definition) is 1. The number of methoxy groups -OCH3 is 1. The molecule has 1 aliphatic carbocycles. The topological polar surface area (TPSA) is 29.5 Å². The van der Waals surface area contributed by atoms with E-state index in [-0.39, 0.29) is 5.92 Å². The molecule has 2 nitrogen and oxygen atoms in total. The van der Waals surface area contributed by atoms with Gasteiger partial charge >= 0.3 is 0 Å². The van der Waals surface area contributed by atoms with Crippen molar-refractivity contribution in [3.8, 4) is 18.1 Å². The van der Waals surface area contributed by atoms with Crippen molar-refractivity contribution in [2.24, 2.45) is 5.92 Å². The Morgan fingerprint density at radius 2 is 2.30 bits per heavy atom. The molecule has 0 aliphatic heterocycles. The van der Waals surface area contributed by atoms with E-state index < -0.39 is 6.10 Å². The van der Waals surface area contributed by atoms with Gasteiger partial charge in [0, 0.05) is 15.5 Å². The zero-order valence-electron chi connectivity index (χ0n) is 11.7. The van der Waals surface area contributed by atoms with Gasteiger partial charge in [0.25, 0.3) is 0 Å². The maximum Gasteiger partial charge on any atom is 0.120 e. The highest BCUT2D eigenvalue weighted by atomic mass is 32.1. The molecule has 0 saturated carbocycles. The average molecular weight is 286 g/mol. The van der Waals surface area contributed by atoms with Crippen molar-refractivity contribution < 1.29 is 9.84 Å². The van der Waals surface area contributed by atoms with Crippen LogP contribution in [0.2, 0.25) is 0 Å². The fraction of sp³-hybridized carbons (Fsp3) is 0.412. The first-order chi connectivity index (χ1) is 9.65. The number of terminal acetylenes is 1. The lowest BCUT2D eigenvalue weighted by molar-refractivity contribution is 0.136. The molecule has 0 spiro atoms. The van der Waals surface area contributed by atoms with Crippen molar-refractivity contribution in [2.45, 2.75) is 31.8 Å². The molecule has 1 aromatic heterocycles. The molecule has 2 aromatic rings. The second-order valence-electron chi connectivity index (χ2n) is 5.41. The molecule has 1 aliphatic rings. The number of fused-ring (bicyclic) bond motifs is 3. The van der Waals surface area contributed by atoms with Crippen LogP contribution >= 0.6 is 11.3 Å². The van der Waals surface area contributed by atoms with E-state index in [0.29, 0.717) is 5.92 Å². The molecule has 20 heavy (non-hydrogen) atoms. The third kappa shape index (κ3) is 2.00. The number of aliphatic hydroxyl groups is 1. The minimum absolute atomic E-state index is 0.169. The van der Waals surface area contributed by atoms with Crippen LogP contribution in [0.1, 0.15) is 29.7 Å². The van der Waals surface area contributed by atoms with Crippen LogP contribution in [-0.2, 0) is 6.42 Å². The SMILES string of the molecule is C#C[C@H](O)[C@H]1CCc2c(sc3cc(OC)ccc23)[C@H]1C. The number of aryl methyl sites for hydroxylation is 1. The third-order valence-corrected chi connectivity index (χ3v) is 5.79. The first-order valence-electron chi connectivity index (χ1n) is 6.89. The molecular weight excluding hydrogens is 268 g/mol. The van der Waals surface area contributed by atoms with Gasteiger partial charge < -0.3 is 9.84 Å². The van der Waals surface area contributed by atoms with Gasteiger partial charge in [0.2, 0.25) is 0 Å². The van der Waals surface area contributed by atoms with E-state index in [9.17, 15) is 5.11 Å². The van der Waals surface area contributed by atoms with Crippen molar-refractivity contribution in [3.63, 3.8) is 0 Å². The standard InChI is InChI=1S/C17H18O2S/c1-4-15(18)12-7-8-14-13-6-5-11(19-3)9-16(13)20-17(14)10(12)2/h1,5-6,9-10,12,15,18H,7-8H2,2-3H3/t10-,12-,15-/m0/s1. The smallest absolute Gasteiger partial charge is 0.120 e. The van der Waals surface area contributed by atoms with Crippen molar-refractivity contribution >= 4 is 21.4 Å². The van der Waals surface area contributed by atoms with Crippen LogP contribution in [0.4, 0.5) is 0 Å². The molecule has 1 N–H and O–H groups in total. The van der Waals surface area contributed by atoms with Gasteiger partial charge in [0.1, 0.15) is 11.9 Å². The zero-order chi connectivity index (χ0) is 14.3. The van der Waals surface area contributed by atoms with Gasteiger partial charge in [-0.3, -0.25) is 0 Å². The molecule has 1 heterocycles. The van der Waals surface area contributed by atoms with Crippen LogP contribution in [0.25, 0.3) is 10.1 Å². The van der Waals surface area contributed by atoms with Gasteiger partial charge in [0.05, 0.1) is 7.11 Å². The van der Waals surface area contributed by atoms with E-state index in [0.717, 1.165) is 18.6 Å². The summed E-state index contributed by atoms with van der Waals surface area (Å²) in [6.45, 7) is 2.18. The van der Waals surface area contributed by atoms with Gasteiger partial charge in [-0.1, -0.05) is 12.8 Å². The predicted octanol–water partition coefficient (Wildman–Crippen LogP) is 3.57. The number of rotatable bonds is 2. The molecule has 0 unspecified atom stereocenters. The molecule has 3 atom stereocenters. The monoisotopic (exact) mass is 286 g/mol. The van der Waals surface area contributed by atoms with E-state index in [1.54, 1.807) is 7.11 Å². The number of hydrogen-bond acceptors (Lipinski definition) is 3. The van der Waals surface area contributed by atoms with Crippen molar-refractivity contribution in [2.75, 3.05) is 7.11 Å². The Morgan fingerprint density at radius 3 is 3.00 bits per heavy atom. The van der Waals surface area contributed by atoms with Crippen LogP contribution in [0.15, 0.2) is 18.2 Å². The molecule has 1 aromatic carbocycles. The summed E-state index contributed by atoms with van der Waals surface area (Å²) in [5.41, 5.74) is 1.43. The summed E-state index contributed by atoms with van der Waals surface area (Å²) in [5.74, 6) is 3.86. The minimum atomic E-state index is -0.641. The molecule has 0 saturated heterocycles. The summed E-state index contributed by atoms with van der Waals surface area (Å²) in [5, 5.41) is 11.3. The Hall–Kier alpha value is -1.50. The van der Waals surface area contributed by atoms with E-state index in [1.165, 1.54) is 20.5 Å². The molecule has 0 amide bonds. The van der Waals surface area contributed by atoms with Crippen LogP contribution in [0.3, 0.4) is 0 Å². The van der Waals surface area contributed by atoms with E-state index in [4.69, 9.17) is 11.2 Å². The maximum absolute atomic E-state index is 9.98. The largest absolute Gasteiger partial charge is 0.497 e. The third-order valence-electron chi connectivity index (χ3n) is 4.39. The molecule has 0 fully saturated rings. The highest BCUT2D eigenvalue weighted by Gasteiger charge is 2.33. The Balaban J connectivity index is 2.07. The van der Waals surface area contributed by atoms with Gasteiger partial charge in [0.15, 0.2) is 0 Å². The van der Waals surface area contributed by atoms with Crippen molar-refractivity contribution in [1.29, 1.82) is 0 Å². The molecule has 3 heteroatoms. The van der Waals surface area contributed by atoms with Crippen molar-refractivity contribution in [3.05, 3.63) is 28.6 Å². The van der Waals surface area contributed by atoms with Gasteiger partial charge in [-0.2, -0.15) is 0 Å². The molecule has 3 rings (SSSR count). The lowest BCUT2D eigenvalue weighted by Gasteiger charge is -2.30. The zero-order valence-corrected chi connectivity index (χ0v) is 12.5. The minimum Gasteiger partial charge on any atom is -0.497 e. The molecule has 0 radical (unpaired) electrons. The average Bonchev–Trinajstić information content (AvgIpc) is 2.85. The summed E-state index contributed by atoms with van der Waals surface area (Å²) in [7, 11) is 1.69. The second kappa shape index (κ2) is 5.12. The number of aliphatic hydroxyl groups excluding tert-OH is 1. The summed E-state index contributed by atoms with van der Waals surface area (Å²) in [6.07, 6.45) is 6.70. The van der Waals surface area contributed by atoms with Crippen LogP contribution < -0.4 is 4.74 Å². The van der Waals surface area contributed by atoms with E-state index >= 15 is 0 Å². The van der Waals surface area contributed by atoms with Crippen molar-refractivity contribution in [1.82, 2.24) is 0 Å². The number of benzene rings is 1. The Morgan fingerprint density at radius 1 is 1.50 bits per heavy atom. The number of ether oxygens (including phenoxy) is 1. The van der Waals surface area contributed by atoms with Gasteiger partial charge in [-0.05, 0) is 47.9 Å². The summed E-state index contributed by atoms with van der Waals surface area (Å²) < 4.78 is 6.56. The first-order valence-corrected chi connectivity index (χ1v) is 7.71. The Kier molecular flexibility index (Phi) is 3.45. The second-order valence-corrected chi connectivity index (χ2v) is 6.49. The number of thiophene rings is 1. The Labute approximate surface area is 123 Å². The molecule has 104 valence electrons. The fourth-order valence-electron chi connectivity index (χ4n) is 3.21. The van der Waals surface area contributed by atoms with E-state index in [2.05, 4.69) is 25.0 Å². The Bertz CT molecular complexity index is 680. The van der Waals surface area contributed by atoms with E-state index in [1.807, 2.05) is 17.4 Å². The summed E-state index contributed by atoms with van der Waals surface area (Å²) in [4.78, 5) is 1.37. The lowest BCUT2D eigenvalue weighted by Crippen LogP contribution is -2.27. The highest BCUT2D eigenvalue weighted by molar-refractivity contribution is 7.19. The summed E-state index contributed by atoms with van der Waals surface area (Å²) >= 11 is 1.81. The quantitative estimate of drug-likeness (QED) is 0.855.